The number of nitrogens with zero attached hydrogens (tertiary/aromatic N) is 6. The van der Waals surface area contributed by atoms with E-state index in [0.29, 0.717) is 11.9 Å². The minimum absolute atomic E-state index is 0.143. The van der Waals surface area contributed by atoms with Crippen molar-refractivity contribution in [1.29, 1.82) is 5.26 Å². The zero-order valence-electron chi connectivity index (χ0n) is 22.2. The molecule has 8 heteroatoms. The van der Waals surface area contributed by atoms with Gasteiger partial charge in [-0.3, -0.25) is 5.32 Å². The highest BCUT2D eigenvalue weighted by Crippen LogP contribution is 2.28. The van der Waals surface area contributed by atoms with Crippen molar-refractivity contribution >= 4 is 28.5 Å². The summed E-state index contributed by atoms with van der Waals surface area (Å²) in [6.45, 7) is 8.70. The van der Waals surface area contributed by atoms with Crippen LogP contribution < -0.4 is 10.2 Å². The smallest absolute Gasteiger partial charge is 0.212 e. The second-order valence-corrected chi connectivity index (χ2v) is 10.1. The van der Waals surface area contributed by atoms with Crippen molar-refractivity contribution in [2.75, 3.05) is 24.5 Å². The van der Waals surface area contributed by atoms with Crippen molar-refractivity contribution in [3.63, 3.8) is 0 Å². The zero-order valence-corrected chi connectivity index (χ0v) is 22.2. The molecular formula is C30H34N8. The molecule has 8 nitrogen and oxygen atoms in total. The fraction of sp³-hybridized carbons (Fsp3) is 0.333. The molecule has 0 aliphatic carbocycles. The largest absolute Gasteiger partial charge is 0.354 e. The third kappa shape index (κ3) is 5.47. The lowest BCUT2D eigenvalue weighted by Crippen LogP contribution is -2.59. The van der Waals surface area contributed by atoms with Crippen LogP contribution in [0, 0.1) is 24.3 Å². The molecular weight excluding hydrogens is 472 g/mol. The van der Waals surface area contributed by atoms with Gasteiger partial charge in [-0.25, -0.2) is 15.0 Å². The summed E-state index contributed by atoms with van der Waals surface area (Å²) in [4.78, 5) is 22.3. The van der Waals surface area contributed by atoms with E-state index in [0.717, 1.165) is 66.3 Å². The second-order valence-electron chi connectivity index (χ2n) is 10.1. The maximum atomic E-state index is 9.51. The van der Waals surface area contributed by atoms with Crippen molar-refractivity contribution < 1.29 is 0 Å². The lowest BCUT2D eigenvalue weighted by molar-refractivity contribution is 0.220. The Balaban J connectivity index is 1.39. The van der Waals surface area contributed by atoms with E-state index in [9.17, 15) is 5.26 Å². The minimum atomic E-state index is 0.143. The van der Waals surface area contributed by atoms with Gasteiger partial charge in [-0.15, -0.1) is 0 Å². The average Bonchev–Trinajstić information content (AvgIpc) is 3.36. The molecule has 2 N–H and O–H groups in total. The van der Waals surface area contributed by atoms with Gasteiger partial charge in [0.15, 0.2) is 12.0 Å². The van der Waals surface area contributed by atoms with E-state index < -0.39 is 0 Å². The second kappa shape index (κ2) is 11.3. The third-order valence-corrected chi connectivity index (χ3v) is 7.25. The predicted octanol–water partition coefficient (Wildman–Crippen LogP) is 4.96. The van der Waals surface area contributed by atoms with Crippen LogP contribution in [0.4, 0.5) is 11.5 Å². The first-order chi connectivity index (χ1) is 18.5. The van der Waals surface area contributed by atoms with E-state index in [1.165, 1.54) is 5.56 Å². The van der Waals surface area contributed by atoms with Crippen molar-refractivity contribution in [2.24, 2.45) is 10.9 Å². The fourth-order valence-electron chi connectivity index (χ4n) is 5.13. The van der Waals surface area contributed by atoms with E-state index in [1.807, 2.05) is 37.3 Å². The molecule has 3 heterocycles. The molecule has 1 aliphatic rings. The fourth-order valence-corrected chi connectivity index (χ4v) is 5.13. The van der Waals surface area contributed by atoms with E-state index in [-0.39, 0.29) is 6.04 Å². The number of H-pyrrole nitrogens is 1. The Labute approximate surface area is 224 Å². The number of benzene rings is 2. The van der Waals surface area contributed by atoms with Crippen LogP contribution >= 0.6 is 0 Å². The lowest BCUT2D eigenvalue weighted by atomic mass is 9.99. The van der Waals surface area contributed by atoms with Crippen molar-refractivity contribution in [1.82, 2.24) is 25.2 Å². The first-order valence-electron chi connectivity index (χ1n) is 13.2. The maximum absolute atomic E-state index is 9.51. The number of aromatic nitrogens is 3. The van der Waals surface area contributed by atoms with Gasteiger partial charge in [0.25, 0.3) is 0 Å². The molecule has 2 aromatic heterocycles. The molecule has 0 spiro atoms. The van der Waals surface area contributed by atoms with Crippen LogP contribution in [0.3, 0.4) is 0 Å². The lowest BCUT2D eigenvalue weighted by Gasteiger charge is -2.44. The number of aromatic amines is 1. The summed E-state index contributed by atoms with van der Waals surface area (Å²) in [6.07, 6.45) is 5.64. The molecule has 0 amide bonds. The van der Waals surface area contributed by atoms with Crippen molar-refractivity contribution in [3.05, 3.63) is 83.8 Å². The molecule has 1 atom stereocenters. The SMILES string of the molecule is Cc1ccccc1N=C(NC#N)N1CCN(c2ncnc3cc(CCc4ccccc4)[nH]c23)CC1C(C)C. The quantitative estimate of drug-likeness (QED) is 0.166. The number of aryl methyl sites for hydroxylation is 3. The molecule has 0 saturated carbocycles. The molecule has 0 bridgehead atoms. The number of guanidine groups is 1. The topological polar surface area (TPSA) is 96.2 Å². The molecule has 0 radical (unpaired) electrons. The number of fused-ring (bicyclic) bond motifs is 1. The number of piperazine rings is 1. The normalized spacial score (nSPS) is 16.2. The Morgan fingerprint density at radius 3 is 2.66 bits per heavy atom. The molecule has 1 unspecified atom stereocenters. The number of nitrogens with one attached hydrogen (secondary N) is 2. The van der Waals surface area contributed by atoms with Crippen LogP contribution in [0.15, 0.2) is 72.0 Å². The predicted molar refractivity (Wildman–Crippen MR) is 152 cm³/mol. The number of anilines is 1. The van der Waals surface area contributed by atoms with Gasteiger partial charge in [-0.1, -0.05) is 62.4 Å². The van der Waals surface area contributed by atoms with Gasteiger partial charge in [-0.2, -0.15) is 5.26 Å². The third-order valence-electron chi connectivity index (χ3n) is 7.25. The zero-order chi connectivity index (χ0) is 26.5. The summed E-state index contributed by atoms with van der Waals surface area (Å²) in [6, 6.07) is 20.8. The Hall–Kier alpha value is -4.38. The number of hydrogen-bond acceptors (Lipinski definition) is 5. The van der Waals surface area contributed by atoms with E-state index >= 15 is 0 Å². The van der Waals surface area contributed by atoms with Crippen LogP contribution in [-0.2, 0) is 12.8 Å². The Bertz CT molecular complexity index is 1450. The van der Waals surface area contributed by atoms with Gasteiger partial charge in [0, 0.05) is 25.3 Å². The molecule has 38 heavy (non-hydrogen) atoms. The van der Waals surface area contributed by atoms with Crippen LogP contribution in [0.2, 0.25) is 0 Å². The van der Waals surface area contributed by atoms with Gasteiger partial charge in [0.05, 0.1) is 17.2 Å². The number of hydrogen-bond donors (Lipinski definition) is 2. The Morgan fingerprint density at radius 2 is 1.89 bits per heavy atom. The van der Waals surface area contributed by atoms with E-state index in [4.69, 9.17) is 9.98 Å². The highest BCUT2D eigenvalue weighted by Gasteiger charge is 2.33. The highest BCUT2D eigenvalue weighted by molar-refractivity contribution is 5.88. The first-order valence-corrected chi connectivity index (χ1v) is 13.2. The average molecular weight is 507 g/mol. The standard InChI is InChI=1S/C30H34N8/c1-21(2)27-18-37(15-16-38(27)30(32-19-31)36-25-12-8-7-9-22(25)3)29-28-26(33-20-34-29)17-24(35-28)14-13-23-10-5-4-6-11-23/h4-12,17,20-21,27,35H,13-16,18H2,1-3H3,(H,32,36). The number of rotatable bonds is 6. The molecule has 1 saturated heterocycles. The summed E-state index contributed by atoms with van der Waals surface area (Å²) in [5.41, 5.74) is 6.34. The van der Waals surface area contributed by atoms with Crippen LogP contribution in [0.1, 0.15) is 30.7 Å². The molecule has 1 aliphatic heterocycles. The number of nitriles is 1. The van der Waals surface area contributed by atoms with Gasteiger partial charge in [0.2, 0.25) is 5.96 Å². The summed E-state index contributed by atoms with van der Waals surface area (Å²) in [5, 5.41) is 12.4. The molecule has 5 rings (SSSR count). The molecule has 2 aromatic carbocycles. The van der Waals surface area contributed by atoms with Crippen LogP contribution in [0.25, 0.3) is 11.0 Å². The summed E-state index contributed by atoms with van der Waals surface area (Å²) in [5.74, 6) is 1.86. The Morgan fingerprint density at radius 1 is 1.11 bits per heavy atom. The molecule has 194 valence electrons. The Kier molecular flexibility index (Phi) is 7.55. The van der Waals surface area contributed by atoms with Crippen molar-refractivity contribution in [2.45, 2.75) is 39.7 Å². The summed E-state index contributed by atoms with van der Waals surface area (Å²) >= 11 is 0. The minimum Gasteiger partial charge on any atom is -0.354 e. The summed E-state index contributed by atoms with van der Waals surface area (Å²) < 4.78 is 0. The highest BCUT2D eigenvalue weighted by atomic mass is 15.4. The van der Waals surface area contributed by atoms with Gasteiger partial charge < -0.3 is 14.8 Å². The summed E-state index contributed by atoms with van der Waals surface area (Å²) in [7, 11) is 0. The number of aliphatic imine (C=N–C) groups is 1. The monoisotopic (exact) mass is 506 g/mol. The molecule has 1 fully saturated rings. The van der Waals surface area contributed by atoms with Crippen LogP contribution in [0.5, 0.6) is 0 Å². The van der Waals surface area contributed by atoms with Gasteiger partial charge in [-0.05, 0) is 48.9 Å². The van der Waals surface area contributed by atoms with Gasteiger partial charge in [0.1, 0.15) is 11.8 Å². The molecule has 4 aromatic rings. The number of para-hydroxylation sites is 1. The van der Waals surface area contributed by atoms with Crippen LogP contribution in [-0.4, -0.2) is 51.5 Å². The maximum Gasteiger partial charge on any atom is 0.212 e. The van der Waals surface area contributed by atoms with Gasteiger partial charge >= 0.3 is 0 Å². The van der Waals surface area contributed by atoms with E-state index in [2.05, 4.69) is 75.5 Å². The van der Waals surface area contributed by atoms with E-state index in [1.54, 1.807) is 6.33 Å². The van der Waals surface area contributed by atoms with Crippen molar-refractivity contribution in [3.8, 4) is 6.19 Å². The first kappa shape index (κ1) is 25.3.